The predicted octanol–water partition coefficient (Wildman–Crippen LogP) is 2.77. The lowest BCUT2D eigenvalue weighted by atomic mass is 10.1. The summed E-state index contributed by atoms with van der Waals surface area (Å²) >= 11 is 5.24. The van der Waals surface area contributed by atoms with Crippen LogP contribution in [0.3, 0.4) is 0 Å². The molecule has 1 unspecified atom stereocenters. The number of hydrogen-bond acceptors (Lipinski definition) is 5. The van der Waals surface area contributed by atoms with Gasteiger partial charge in [0, 0.05) is 24.2 Å². The van der Waals surface area contributed by atoms with Crippen LogP contribution in [0.1, 0.15) is 61.3 Å². The Morgan fingerprint density at radius 3 is 2.62 bits per heavy atom. The number of aromatic amines is 1. The molecule has 0 spiro atoms. The Kier molecular flexibility index (Phi) is 5.58. The lowest BCUT2D eigenvalue weighted by Gasteiger charge is -2.32. The Morgan fingerprint density at radius 1 is 1.24 bits per heavy atom. The normalized spacial score (nSPS) is 20.5. The molecule has 1 aromatic carbocycles. The van der Waals surface area contributed by atoms with Gasteiger partial charge in [-0.3, -0.25) is 14.5 Å². The van der Waals surface area contributed by atoms with Crippen molar-refractivity contribution >= 4 is 28.1 Å². The molecule has 1 aliphatic heterocycles. The van der Waals surface area contributed by atoms with Crippen molar-refractivity contribution in [3.05, 3.63) is 40.4 Å². The summed E-state index contributed by atoms with van der Waals surface area (Å²) in [7, 11) is -3.54. The van der Waals surface area contributed by atoms with Crippen LogP contribution in [0.25, 0.3) is 0 Å². The fraction of sp³-hybridized carbons (Fsp3) is 0.526. The Morgan fingerprint density at radius 2 is 1.97 bits per heavy atom. The third-order valence-corrected chi connectivity index (χ3v) is 7.88. The van der Waals surface area contributed by atoms with Crippen molar-refractivity contribution in [2.75, 3.05) is 6.54 Å². The second kappa shape index (κ2) is 8.00. The second-order valence-corrected chi connectivity index (χ2v) is 9.99. The standard InChI is InChI=1S/C19H25N5O3S2/c1-13-4-2-3-11-23(13)29(26,27)16-9-5-14(6-10-16)18(25)20-12-17-21-22-19(28)24(17)15-7-8-15/h5-6,9-10,13,15H,2-4,7-8,11-12H2,1H3,(H,20,25)(H,22,28). The number of benzene rings is 1. The van der Waals surface area contributed by atoms with E-state index in [2.05, 4.69) is 15.5 Å². The Labute approximate surface area is 175 Å². The lowest BCUT2D eigenvalue weighted by molar-refractivity contribution is 0.0949. The highest BCUT2D eigenvalue weighted by Gasteiger charge is 2.31. The third kappa shape index (κ3) is 4.15. The van der Waals surface area contributed by atoms with E-state index < -0.39 is 10.0 Å². The van der Waals surface area contributed by atoms with Gasteiger partial charge >= 0.3 is 0 Å². The first-order valence-electron chi connectivity index (χ1n) is 9.94. The van der Waals surface area contributed by atoms with Crippen LogP contribution >= 0.6 is 12.2 Å². The minimum Gasteiger partial charge on any atom is -0.345 e. The van der Waals surface area contributed by atoms with Crippen LogP contribution in [-0.4, -0.2) is 46.0 Å². The fourth-order valence-corrected chi connectivity index (χ4v) is 5.77. The molecule has 1 amide bonds. The van der Waals surface area contributed by atoms with Crippen molar-refractivity contribution in [1.29, 1.82) is 0 Å². The smallest absolute Gasteiger partial charge is 0.251 e. The quantitative estimate of drug-likeness (QED) is 0.680. The molecular formula is C19H25N5O3S2. The summed E-state index contributed by atoms with van der Waals surface area (Å²) in [4.78, 5) is 12.7. The minimum atomic E-state index is -3.54. The van der Waals surface area contributed by atoms with Gasteiger partial charge in [-0.2, -0.15) is 9.40 Å². The van der Waals surface area contributed by atoms with Crippen molar-refractivity contribution < 1.29 is 13.2 Å². The summed E-state index contributed by atoms with van der Waals surface area (Å²) in [5, 5.41) is 9.80. The van der Waals surface area contributed by atoms with Gasteiger partial charge in [-0.15, -0.1) is 0 Å². The summed E-state index contributed by atoms with van der Waals surface area (Å²) in [5.41, 5.74) is 0.405. The molecule has 2 aliphatic rings. The Balaban J connectivity index is 1.43. The van der Waals surface area contributed by atoms with Gasteiger partial charge in [0.1, 0.15) is 0 Å². The molecule has 1 atom stereocenters. The second-order valence-electron chi connectivity index (χ2n) is 7.71. The number of carbonyl (C=O) groups excluding carboxylic acids is 1. The van der Waals surface area contributed by atoms with Crippen molar-refractivity contribution in [2.45, 2.75) is 62.6 Å². The van der Waals surface area contributed by atoms with Crippen LogP contribution in [0.2, 0.25) is 0 Å². The largest absolute Gasteiger partial charge is 0.345 e. The zero-order valence-corrected chi connectivity index (χ0v) is 17.9. The molecule has 10 heteroatoms. The van der Waals surface area contributed by atoms with Gasteiger partial charge < -0.3 is 5.32 Å². The van der Waals surface area contributed by atoms with E-state index >= 15 is 0 Å². The average molecular weight is 436 g/mol. The highest BCUT2D eigenvalue weighted by Crippen LogP contribution is 2.35. The number of rotatable bonds is 6. The number of piperidine rings is 1. The summed E-state index contributed by atoms with van der Waals surface area (Å²) in [6.45, 7) is 2.74. The molecule has 2 heterocycles. The highest BCUT2D eigenvalue weighted by molar-refractivity contribution is 7.89. The van der Waals surface area contributed by atoms with Crippen molar-refractivity contribution in [3.8, 4) is 0 Å². The maximum Gasteiger partial charge on any atom is 0.251 e. The molecule has 156 valence electrons. The fourth-order valence-electron chi connectivity index (χ4n) is 3.78. The van der Waals surface area contributed by atoms with E-state index in [1.54, 1.807) is 16.4 Å². The lowest BCUT2D eigenvalue weighted by Crippen LogP contribution is -2.41. The molecule has 8 nitrogen and oxygen atoms in total. The van der Waals surface area contributed by atoms with Gasteiger partial charge in [0.2, 0.25) is 10.0 Å². The molecule has 0 radical (unpaired) electrons. The van der Waals surface area contributed by atoms with Crippen molar-refractivity contribution in [2.24, 2.45) is 0 Å². The highest BCUT2D eigenvalue weighted by atomic mass is 32.2. The molecule has 0 bridgehead atoms. The number of nitrogens with one attached hydrogen (secondary N) is 2. The van der Waals surface area contributed by atoms with Gasteiger partial charge in [0.25, 0.3) is 5.91 Å². The first-order chi connectivity index (χ1) is 13.9. The molecular weight excluding hydrogens is 410 g/mol. The molecule has 1 aromatic heterocycles. The van der Waals surface area contributed by atoms with Gasteiger partial charge in [-0.1, -0.05) is 6.42 Å². The van der Waals surface area contributed by atoms with E-state index in [9.17, 15) is 13.2 Å². The van der Waals surface area contributed by atoms with Crippen LogP contribution in [0.4, 0.5) is 0 Å². The van der Waals surface area contributed by atoms with E-state index in [-0.39, 0.29) is 23.4 Å². The van der Waals surface area contributed by atoms with Gasteiger partial charge in [0.15, 0.2) is 10.6 Å². The maximum atomic E-state index is 12.9. The third-order valence-electron chi connectivity index (χ3n) is 5.56. The summed E-state index contributed by atoms with van der Waals surface area (Å²) < 4.78 is 29.9. The summed E-state index contributed by atoms with van der Waals surface area (Å²) in [5.74, 6) is 0.417. The summed E-state index contributed by atoms with van der Waals surface area (Å²) in [6, 6.07) is 6.48. The van der Waals surface area contributed by atoms with E-state index in [4.69, 9.17) is 12.2 Å². The topological polar surface area (TPSA) is 100 Å². The molecule has 1 saturated carbocycles. The SMILES string of the molecule is CC1CCCCN1S(=O)(=O)c1ccc(C(=O)NCc2n[nH]c(=S)n2C2CC2)cc1. The van der Waals surface area contributed by atoms with Crippen LogP contribution in [0.5, 0.6) is 0 Å². The van der Waals surface area contributed by atoms with Gasteiger partial charge in [-0.05, 0) is 69.1 Å². The molecule has 2 aromatic rings. The van der Waals surface area contributed by atoms with E-state index in [1.165, 1.54) is 12.1 Å². The minimum absolute atomic E-state index is 0.00184. The van der Waals surface area contributed by atoms with Crippen LogP contribution < -0.4 is 5.32 Å². The number of carbonyl (C=O) groups is 1. The van der Waals surface area contributed by atoms with Gasteiger partial charge in [0.05, 0.1) is 11.4 Å². The maximum absolute atomic E-state index is 12.9. The first-order valence-corrected chi connectivity index (χ1v) is 11.8. The predicted molar refractivity (Wildman–Crippen MR) is 110 cm³/mol. The molecule has 1 aliphatic carbocycles. The molecule has 2 N–H and O–H groups in total. The monoisotopic (exact) mass is 435 g/mol. The van der Waals surface area contributed by atoms with Crippen LogP contribution in [0, 0.1) is 4.77 Å². The van der Waals surface area contributed by atoms with Crippen molar-refractivity contribution in [3.63, 3.8) is 0 Å². The zero-order chi connectivity index (χ0) is 20.6. The summed E-state index contributed by atoms with van der Waals surface area (Å²) in [6.07, 6.45) is 4.95. The van der Waals surface area contributed by atoms with Crippen LogP contribution in [0.15, 0.2) is 29.2 Å². The first kappa shape index (κ1) is 20.2. The number of amides is 1. The number of H-pyrrole nitrogens is 1. The van der Waals surface area contributed by atoms with E-state index in [1.807, 2.05) is 11.5 Å². The van der Waals surface area contributed by atoms with E-state index in [0.29, 0.717) is 28.7 Å². The molecule has 2 fully saturated rings. The molecule has 4 rings (SSSR count). The molecule has 1 saturated heterocycles. The Bertz CT molecular complexity index is 1050. The van der Waals surface area contributed by atoms with Gasteiger partial charge in [-0.25, -0.2) is 8.42 Å². The average Bonchev–Trinajstić information content (AvgIpc) is 3.48. The van der Waals surface area contributed by atoms with E-state index in [0.717, 1.165) is 32.1 Å². The van der Waals surface area contributed by atoms with Crippen molar-refractivity contribution in [1.82, 2.24) is 24.4 Å². The molecule has 29 heavy (non-hydrogen) atoms. The number of hydrogen-bond donors (Lipinski definition) is 2. The number of aromatic nitrogens is 3. The number of sulfonamides is 1. The zero-order valence-electron chi connectivity index (χ0n) is 16.3. The van der Waals surface area contributed by atoms with Crippen LogP contribution in [-0.2, 0) is 16.6 Å². The number of nitrogens with zero attached hydrogens (tertiary/aromatic N) is 3. The Hall–Kier alpha value is -2.04.